The quantitative estimate of drug-likeness (QED) is 0.601. The number of hydrogen-bond acceptors (Lipinski definition) is 5. The van der Waals surface area contributed by atoms with Crippen LogP contribution in [0.5, 0.6) is 11.5 Å². The smallest absolute Gasteiger partial charge is 0.273 e. The van der Waals surface area contributed by atoms with E-state index in [-0.39, 0.29) is 18.4 Å². The zero-order valence-electron chi connectivity index (χ0n) is 19.3. The number of rotatable bonds is 7. The number of nitrogens with one attached hydrogen (secondary N) is 1. The zero-order chi connectivity index (χ0) is 23.6. The van der Waals surface area contributed by atoms with Gasteiger partial charge in [0.15, 0.2) is 0 Å². The minimum Gasteiger partial charge on any atom is -0.497 e. The molecule has 0 saturated carbocycles. The number of methoxy groups -OCH3 is 2. The van der Waals surface area contributed by atoms with Gasteiger partial charge in [0.2, 0.25) is 5.91 Å². The minimum atomic E-state index is -1.12. The van der Waals surface area contributed by atoms with Crippen LogP contribution in [-0.2, 0) is 24.4 Å². The molecule has 1 N–H and O–H groups in total. The summed E-state index contributed by atoms with van der Waals surface area (Å²) in [5.74, 6) is 1.03. The first-order valence-electron chi connectivity index (χ1n) is 10.7. The Morgan fingerprint density at radius 1 is 1.03 bits per heavy atom. The molecular weight excluding hydrogens is 420 g/mol. The molecule has 2 aromatic carbocycles. The SMILES string of the molecule is COc1ccc(CNC(=O)C2(C)Cn3nc(C)cc3C(=O)N2Cc2ccc(OC)cc2)cc1. The molecule has 8 nitrogen and oxygen atoms in total. The van der Waals surface area contributed by atoms with Crippen LogP contribution in [0.25, 0.3) is 0 Å². The summed E-state index contributed by atoms with van der Waals surface area (Å²) in [4.78, 5) is 28.6. The van der Waals surface area contributed by atoms with E-state index in [1.54, 1.807) is 36.8 Å². The average Bonchev–Trinajstić information content (AvgIpc) is 3.20. The number of aromatic nitrogens is 2. The molecule has 1 unspecified atom stereocenters. The number of hydrogen-bond donors (Lipinski definition) is 1. The lowest BCUT2D eigenvalue weighted by atomic mass is 9.94. The van der Waals surface area contributed by atoms with E-state index in [0.29, 0.717) is 18.8 Å². The summed E-state index contributed by atoms with van der Waals surface area (Å²) in [7, 11) is 3.22. The predicted octanol–water partition coefficient (Wildman–Crippen LogP) is 2.94. The van der Waals surface area contributed by atoms with E-state index in [1.165, 1.54) is 0 Å². The van der Waals surface area contributed by atoms with Crippen LogP contribution >= 0.6 is 0 Å². The summed E-state index contributed by atoms with van der Waals surface area (Å²) >= 11 is 0. The van der Waals surface area contributed by atoms with Crippen molar-refractivity contribution in [1.29, 1.82) is 0 Å². The normalized spacial score (nSPS) is 17.5. The van der Waals surface area contributed by atoms with Gasteiger partial charge in [-0.2, -0.15) is 5.10 Å². The number of ether oxygens (including phenoxy) is 2. The summed E-state index contributed by atoms with van der Waals surface area (Å²) in [6.45, 7) is 4.53. The maximum atomic E-state index is 13.5. The summed E-state index contributed by atoms with van der Waals surface area (Å²) in [5, 5.41) is 7.44. The van der Waals surface area contributed by atoms with Crippen molar-refractivity contribution in [2.45, 2.75) is 39.0 Å². The molecule has 0 radical (unpaired) electrons. The molecule has 1 aliphatic heterocycles. The Hall–Kier alpha value is -3.81. The highest BCUT2D eigenvalue weighted by molar-refractivity contribution is 5.99. The molecule has 0 aliphatic carbocycles. The summed E-state index contributed by atoms with van der Waals surface area (Å²) in [5.41, 5.74) is 1.96. The lowest BCUT2D eigenvalue weighted by Crippen LogP contribution is -2.63. The first-order valence-corrected chi connectivity index (χ1v) is 10.7. The van der Waals surface area contributed by atoms with Gasteiger partial charge in [-0.15, -0.1) is 0 Å². The first-order chi connectivity index (χ1) is 15.8. The molecule has 0 saturated heterocycles. The van der Waals surface area contributed by atoms with Crippen LogP contribution in [0.3, 0.4) is 0 Å². The molecule has 1 aromatic heterocycles. The largest absolute Gasteiger partial charge is 0.497 e. The molecule has 1 aliphatic rings. The summed E-state index contributed by atoms with van der Waals surface area (Å²) in [6.07, 6.45) is 0. The molecule has 0 spiro atoms. The lowest BCUT2D eigenvalue weighted by Gasteiger charge is -2.43. The van der Waals surface area contributed by atoms with Crippen LogP contribution in [0, 0.1) is 6.92 Å². The Morgan fingerprint density at radius 3 is 2.18 bits per heavy atom. The van der Waals surface area contributed by atoms with E-state index in [0.717, 1.165) is 28.3 Å². The average molecular weight is 449 g/mol. The lowest BCUT2D eigenvalue weighted by molar-refractivity contribution is -0.133. The van der Waals surface area contributed by atoms with E-state index >= 15 is 0 Å². The zero-order valence-corrected chi connectivity index (χ0v) is 19.3. The van der Waals surface area contributed by atoms with E-state index in [4.69, 9.17) is 9.47 Å². The second-order valence-corrected chi connectivity index (χ2v) is 8.37. The Balaban J connectivity index is 1.60. The van der Waals surface area contributed by atoms with Gasteiger partial charge in [0.05, 0.1) is 26.5 Å². The highest BCUT2D eigenvalue weighted by Gasteiger charge is 2.47. The van der Waals surface area contributed by atoms with Gasteiger partial charge in [-0.25, -0.2) is 0 Å². The maximum absolute atomic E-state index is 13.5. The Morgan fingerprint density at radius 2 is 1.61 bits per heavy atom. The highest BCUT2D eigenvalue weighted by atomic mass is 16.5. The second kappa shape index (κ2) is 8.97. The van der Waals surface area contributed by atoms with Gasteiger partial charge in [0.1, 0.15) is 22.7 Å². The van der Waals surface area contributed by atoms with Crippen LogP contribution < -0.4 is 14.8 Å². The van der Waals surface area contributed by atoms with Crippen LogP contribution in [0.1, 0.15) is 34.2 Å². The molecule has 2 heterocycles. The van der Waals surface area contributed by atoms with Crippen molar-refractivity contribution < 1.29 is 19.1 Å². The number of amides is 2. The molecule has 0 fully saturated rings. The number of carbonyl (C=O) groups excluding carboxylic acids is 2. The Bertz CT molecular complexity index is 1150. The monoisotopic (exact) mass is 448 g/mol. The summed E-state index contributed by atoms with van der Waals surface area (Å²) in [6, 6.07) is 16.8. The first kappa shape index (κ1) is 22.4. The molecule has 8 heteroatoms. The number of nitrogens with zero attached hydrogens (tertiary/aromatic N) is 3. The van der Waals surface area contributed by atoms with Crippen LogP contribution in [0.2, 0.25) is 0 Å². The second-order valence-electron chi connectivity index (χ2n) is 8.37. The number of carbonyl (C=O) groups is 2. The third-order valence-electron chi connectivity index (χ3n) is 6.02. The van der Waals surface area contributed by atoms with Crippen molar-refractivity contribution in [3.05, 3.63) is 77.1 Å². The van der Waals surface area contributed by atoms with Gasteiger partial charge in [0, 0.05) is 13.1 Å². The standard InChI is InChI=1S/C25H28N4O4/c1-17-13-22-23(30)28(15-19-7-11-21(33-4)12-8-19)25(2,16-29(22)27-17)24(31)26-14-18-5-9-20(32-3)10-6-18/h5-13H,14-16H2,1-4H3,(H,26,31). The van der Waals surface area contributed by atoms with E-state index in [2.05, 4.69) is 10.4 Å². The van der Waals surface area contributed by atoms with Crippen LogP contribution in [0.15, 0.2) is 54.6 Å². The Labute approximate surface area is 193 Å². The van der Waals surface area contributed by atoms with Gasteiger partial charge < -0.3 is 19.7 Å². The molecule has 2 amide bonds. The van der Waals surface area contributed by atoms with E-state index in [1.807, 2.05) is 55.5 Å². The maximum Gasteiger partial charge on any atom is 0.273 e. The van der Waals surface area contributed by atoms with Crippen molar-refractivity contribution in [1.82, 2.24) is 20.0 Å². The number of fused-ring (bicyclic) bond motifs is 1. The van der Waals surface area contributed by atoms with Gasteiger partial charge in [-0.1, -0.05) is 24.3 Å². The predicted molar refractivity (Wildman–Crippen MR) is 123 cm³/mol. The molecule has 3 aromatic rings. The highest BCUT2D eigenvalue weighted by Crippen LogP contribution is 2.30. The van der Waals surface area contributed by atoms with Crippen molar-refractivity contribution in [3.8, 4) is 11.5 Å². The fraction of sp³-hybridized carbons (Fsp3) is 0.320. The van der Waals surface area contributed by atoms with Crippen molar-refractivity contribution in [2.75, 3.05) is 14.2 Å². The van der Waals surface area contributed by atoms with Crippen LogP contribution in [-0.4, -0.2) is 46.3 Å². The molecule has 33 heavy (non-hydrogen) atoms. The fourth-order valence-corrected chi connectivity index (χ4v) is 4.05. The third-order valence-corrected chi connectivity index (χ3v) is 6.02. The third kappa shape index (κ3) is 4.41. The van der Waals surface area contributed by atoms with Crippen molar-refractivity contribution in [2.24, 2.45) is 0 Å². The number of benzene rings is 2. The van der Waals surface area contributed by atoms with Gasteiger partial charge >= 0.3 is 0 Å². The van der Waals surface area contributed by atoms with E-state index in [9.17, 15) is 9.59 Å². The van der Waals surface area contributed by atoms with Crippen molar-refractivity contribution in [3.63, 3.8) is 0 Å². The fourth-order valence-electron chi connectivity index (χ4n) is 4.05. The molecular formula is C25H28N4O4. The van der Waals surface area contributed by atoms with Gasteiger partial charge in [-0.3, -0.25) is 14.3 Å². The molecule has 0 bridgehead atoms. The summed E-state index contributed by atoms with van der Waals surface area (Å²) < 4.78 is 12.1. The van der Waals surface area contributed by atoms with Crippen LogP contribution in [0.4, 0.5) is 0 Å². The van der Waals surface area contributed by atoms with Gasteiger partial charge in [0.25, 0.3) is 5.91 Å². The Kier molecular flexibility index (Phi) is 6.09. The minimum absolute atomic E-state index is 0.222. The molecule has 4 rings (SSSR count). The van der Waals surface area contributed by atoms with Crippen molar-refractivity contribution >= 4 is 11.8 Å². The van der Waals surface area contributed by atoms with E-state index < -0.39 is 5.54 Å². The molecule has 172 valence electrons. The molecule has 1 atom stereocenters. The number of aryl methyl sites for hydroxylation is 1. The van der Waals surface area contributed by atoms with Gasteiger partial charge in [-0.05, 0) is 55.3 Å². The topological polar surface area (TPSA) is 85.7 Å².